The van der Waals surface area contributed by atoms with Gasteiger partial charge in [-0.15, -0.1) is 11.8 Å². The summed E-state index contributed by atoms with van der Waals surface area (Å²) in [6.07, 6.45) is 2.51. The quantitative estimate of drug-likeness (QED) is 0.675. The maximum atomic E-state index is 13.3. The smallest absolute Gasteiger partial charge is 0.490 e. The van der Waals surface area contributed by atoms with E-state index in [1.807, 2.05) is 30.5 Å². The predicted molar refractivity (Wildman–Crippen MR) is 116 cm³/mol. The highest BCUT2D eigenvalue weighted by Crippen LogP contribution is 2.33. The first kappa shape index (κ1) is 20.7. The van der Waals surface area contributed by atoms with Gasteiger partial charge in [-0.2, -0.15) is 14.3 Å². The number of amides is 4. The van der Waals surface area contributed by atoms with E-state index in [-0.39, 0.29) is 18.4 Å². The monoisotopic (exact) mass is 428 g/mol. The summed E-state index contributed by atoms with van der Waals surface area (Å²) >= 11 is 1.38. The van der Waals surface area contributed by atoms with Crippen LogP contribution in [0.15, 0.2) is 29.7 Å². The van der Waals surface area contributed by atoms with Gasteiger partial charge in [-0.25, -0.2) is 4.79 Å². The van der Waals surface area contributed by atoms with E-state index < -0.39 is 11.3 Å². The van der Waals surface area contributed by atoms with Crippen LogP contribution in [0.2, 0.25) is 0 Å². The van der Waals surface area contributed by atoms with Crippen LogP contribution >= 0.6 is 11.8 Å². The van der Waals surface area contributed by atoms with Gasteiger partial charge < -0.3 is 9.64 Å². The summed E-state index contributed by atoms with van der Waals surface area (Å²) in [5.74, 6) is 0.657. The Morgan fingerprint density at radius 2 is 2.13 bits per heavy atom. The third-order valence-electron chi connectivity index (χ3n) is 5.49. The highest BCUT2D eigenvalue weighted by Gasteiger charge is 2.49. The fraction of sp³-hybridized carbons (Fsp3) is 0.455. The number of ether oxygens (including phenoxy) is 1. The molecule has 3 aliphatic heterocycles. The normalized spacial score (nSPS) is 20.6. The SMILES string of the molecule is Cc1ccc2c(c1)N(C(=O)C[N+]1=C3C=CSC3C(=O)N(CCC(C)C)C1=O)CCO2. The molecule has 3 heterocycles. The summed E-state index contributed by atoms with van der Waals surface area (Å²) in [7, 11) is 0. The fourth-order valence-corrected chi connectivity index (χ4v) is 4.78. The van der Waals surface area contributed by atoms with Gasteiger partial charge in [0.1, 0.15) is 18.1 Å². The number of allylic oxidation sites excluding steroid dienone is 1. The number of hydrogen-bond acceptors (Lipinski definition) is 5. The minimum atomic E-state index is -0.457. The lowest BCUT2D eigenvalue weighted by Gasteiger charge is -2.30. The van der Waals surface area contributed by atoms with E-state index >= 15 is 0 Å². The largest absolute Gasteiger partial charge is 0.501 e. The Labute approximate surface area is 180 Å². The third-order valence-corrected chi connectivity index (χ3v) is 6.50. The third kappa shape index (κ3) is 3.76. The van der Waals surface area contributed by atoms with Crippen LogP contribution in [0.25, 0.3) is 0 Å². The molecule has 158 valence electrons. The molecular weight excluding hydrogens is 402 g/mol. The number of urea groups is 1. The minimum absolute atomic E-state index is 0.103. The molecule has 4 amide bonds. The zero-order valence-electron chi connectivity index (χ0n) is 17.5. The zero-order valence-corrected chi connectivity index (χ0v) is 18.3. The van der Waals surface area contributed by atoms with E-state index in [2.05, 4.69) is 13.8 Å². The molecule has 8 heteroatoms. The lowest BCUT2D eigenvalue weighted by atomic mass is 10.1. The number of imide groups is 1. The van der Waals surface area contributed by atoms with Gasteiger partial charge in [0.15, 0.2) is 11.8 Å². The van der Waals surface area contributed by atoms with Crippen LogP contribution in [0.5, 0.6) is 5.75 Å². The molecule has 0 radical (unpaired) electrons. The molecule has 0 bridgehead atoms. The number of fused-ring (bicyclic) bond motifs is 2. The highest BCUT2D eigenvalue weighted by molar-refractivity contribution is 8.04. The molecule has 4 rings (SSSR count). The molecule has 0 aliphatic carbocycles. The van der Waals surface area contributed by atoms with E-state index in [9.17, 15) is 14.4 Å². The van der Waals surface area contributed by atoms with Gasteiger partial charge in [-0.3, -0.25) is 4.79 Å². The molecule has 0 fully saturated rings. The molecule has 30 heavy (non-hydrogen) atoms. The second-order valence-electron chi connectivity index (χ2n) is 8.15. The van der Waals surface area contributed by atoms with Crippen LogP contribution in [-0.2, 0) is 9.59 Å². The molecule has 1 aromatic rings. The Bertz CT molecular complexity index is 969. The molecule has 1 unspecified atom stereocenters. The first-order chi connectivity index (χ1) is 14.4. The second kappa shape index (κ2) is 8.26. The number of nitrogens with zero attached hydrogens (tertiary/aromatic N) is 3. The average molecular weight is 429 g/mol. The molecule has 1 atom stereocenters. The lowest BCUT2D eigenvalue weighted by Crippen LogP contribution is -2.57. The number of rotatable bonds is 5. The van der Waals surface area contributed by atoms with Gasteiger partial charge in [-0.1, -0.05) is 19.9 Å². The summed E-state index contributed by atoms with van der Waals surface area (Å²) in [4.78, 5) is 42.3. The number of thioether (sulfide) groups is 1. The average Bonchev–Trinajstić information content (AvgIpc) is 3.20. The van der Waals surface area contributed by atoms with Gasteiger partial charge in [-0.05, 0) is 48.4 Å². The number of hydrogen-bond donors (Lipinski definition) is 0. The van der Waals surface area contributed by atoms with Crippen molar-refractivity contribution in [3.05, 3.63) is 35.2 Å². The summed E-state index contributed by atoms with van der Waals surface area (Å²) in [5.41, 5.74) is 2.35. The van der Waals surface area contributed by atoms with Crippen LogP contribution in [-0.4, -0.2) is 64.5 Å². The topological polar surface area (TPSA) is 69.9 Å². The van der Waals surface area contributed by atoms with Crippen LogP contribution in [0.3, 0.4) is 0 Å². The van der Waals surface area contributed by atoms with Crippen molar-refractivity contribution in [1.29, 1.82) is 0 Å². The molecule has 0 saturated carbocycles. The Morgan fingerprint density at radius 1 is 1.33 bits per heavy atom. The van der Waals surface area contributed by atoms with Crippen LogP contribution < -0.4 is 9.64 Å². The van der Waals surface area contributed by atoms with E-state index in [0.717, 1.165) is 17.7 Å². The molecule has 0 spiro atoms. The van der Waals surface area contributed by atoms with Crippen molar-refractivity contribution in [3.63, 3.8) is 0 Å². The lowest BCUT2D eigenvalue weighted by molar-refractivity contribution is -0.426. The molecule has 3 aliphatic rings. The van der Waals surface area contributed by atoms with E-state index in [4.69, 9.17) is 4.74 Å². The van der Waals surface area contributed by atoms with Crippen LogP contribution in [0.4, 0.5) is 10.5 Å². The molecule has 0 saturated heterocycles. The van der Waals surface area contributed by atoms with E-state index in [1.165, 1.54) is 21.2 Å². The van der Waals surface area contributed by atoms with Crippen LogP contribution in [0, 0.1) is 12.8 Å². The maximum Gasteiger partial charge on any atom is 0.501 e. The number of carbonyl (C=O) groups is 3. The summed E-state index contributed by atoms with van der Waals surface area (Å²) in [5, 5.41) is 1.36. The standard InChI is InChI=1S/C22H26N3O4S/c1-14(2)6-8-24-21(27)20-16(7-11-30-20)25(22(24)28)13-19(26)23-9-10-29-18-5-4-15(3)12-17(18)23/h4-5,7,11-12,14,20H,6,8-10,13H2,1-3H3/q+1. The second-order valence-corrected chi connectivity index (χ2v) is 9.17. The van der Waals surface area contributed by atoms with Crippen molar-refractivity contribution in [2.75, 3.05) is 31.1 Å². The van der Waals surface area contributed by atoms with Crippen molar-refractivity contribution in [2.45, 2.75) is 32.4 Å². The number of aryl methyl sites for hydroxylation is 1. The van der Waals surface area contributed by atoms with E-state index in [1.54, 1.807) is 11.0 Å². The molecular formula is C22H26N3O4S+. The minimum Gasteiger partial charge on any atom is -0.490 e. The van der Waals surface area contributed by atoms with Gasteiger partial charge in [0.25, 0.3) is 5.91 Å². The number of anilines is 1. The summed E-state index contributed by atoms with van der Waals surface area (Å²) < 4.78 is 7.15. The Morgan fingerprint density at radius 3 is 2.90 bits per heavy atom. The number of carbonyl (C=O) groups excluding carboxylic acids is 3. The Balaban J connectivity index is 1.62. The van der Waals surface area contributed by atoms with Crippen molar-refractivity contribution >= 4 is 41.0 Å². The number of benzene rings is 1. The Hall–Kier alpha value is -2.61. The van der Waals surface area contributed by atoms with Gasteiger partial charge in [0, 0.05) is 0 Å². The van der Waals surface area contributed by atoms with Gasteiger partial charge in [0.05, 0.1) is 18.8 Å². The highest BCUT2D eigenvalue weighted by atomic mass is 32.2. The Kier molecular flexibility index (Phi) is 5.69. The summed E-state index contributed by atoms with van der Waals surface area (Å²) in [6.45, 7) is 7.17. The van der Waals surface area contributed by atoms with Crippen molar-refractivity contribution < 1.29 is 23.7 Å². The maximum absolute atomic E-state index is 13.3. The first-order valence-electron chi connectivity index (χ1n) is 10.2. The van der Waals surface area contributed by atoms with Gasteiger partial charge >= 0.3 is 11.9 Å². The zero-order chi connectivity index (χ0) is 21.4. The van der Waals surface area contributed by atoms with Crippen LogP contribution in [0.1, 0.15) is 25.8 Å². The van der Waals surface area contributed by atoms with Crippen molar-refractivity contribution in [1.82, 2.24) is 4.90 Å². The molecule has 0 aromatic heterocycles. The molecule has 1 aromatic carbocycles. The summed E-state index contributed by atoms with van der Waals surface area (Å²) in [6, 6.07) is 5.32. The van der Waals surface area contributed by atoms with Crippen molar-refractivity contribution in [2.24, 2.45) is 5.92 Å². The van der Waals surface area contributed by atoms with Gasteiger partial charge in [0.2, 0.25) is 0 Å². The fourth-order valence-electron chi connectivity index (χ4n) is 3.81. The molecule has 0 N–H and O–H groups in total. The van der Waals surface area contributed by atoms with Crippen molar-refractivity contribution in [3.8, 4) is 5.75 Å². The molecule has 7 nitrogen and oxygen atoms in total. The first-order valence-corrected chi connectivity index (χ1v) is 11.2. The predicted octanol–water partition coefficient (Wildman–Crippen LogP) is 2.81. The van der Waals surface area contributed by atoms with E-state index in [0.29, 0.717) is 37.1 Å².